The molecule has 0 saturated carbocycles. The second kappa shape index (κ2) is 123. The Labute approximate surface area is 892 Å². The van der Waals surface area contributed by atoms with E-state index in [0.29, 0.717) is 96.6 Å². The van der Waals surface area contributed by atoms with Crippen molar-refractivity contribution in [1.82, 2.24) is 0 Å². The Morgan fingerprint density at radius 1 is 0.219 bits per heavy atom. The molecule has 1 aliphatic rings. The fraction of sp³-hybridized carbons (Fsp3) is 0.917. The molecule has 0 aromatic rings. The van der Waals surface area contributed by atoms with Gasteiger partial charge in [-0.25, -0.2) is 0 Å². The van der Waals surface area contributed by atoms with Crippen LogP contribution in [0.2, 0.25) is 0 Å². The van der Waals surface area contributed by atoms with Gasteiger partial charge in [0, 0.05) is 133 Å². The number of carbonyl (C=O) groups excluding carboxylic acids is 6. The average molecular weight is 2090 g/mol. The molecule has 870 valence electrons. The van der Waals surface area contributed by atoms with Gasteiger partial charge in [0.1, 0.15) is 0 Å². The van der Waals surface area contributed by atoms with Crippen LogP contribution in [0.15, 0.2) is 24.3 Å². The van der Waals surface area contributed by atoms with E-state index in [0.717, 1.165) is 250 Å². The molecule has 26 heteroatoms. The predicted molar refractivity (Wildman–Crippen MR) is 594 cm³/mol. The first-order chi connectivity index (χ1) is 70.8. The van der Waals surface area contributed by atoms with Gasteiger partial charge in [0.05, 0.1) is 76.3 Å². The molecule has 0 amide bonds. The lowest BCUT2D eigenvalue weighted by Crippen LogP contribution is -2.25. The Hall–Kier alpha value is -4.26. The number of rotatable bonds is 102. The first-order valence-corrected chi connectivity index (χ1v) is 59.9. The molecule has 12 unspecified atom stereocenters. The minimum atomic E-state index is -0.656. The quantitative estimate of drug-likeness (QED) is 0.00884. The maximum Gasteiger partial charge on any atom is 0.305 e. The molecule has 1 rings (SSSR count). The van der Waals surface area contributed by atoms with Crippen molar-refractivity contribution in [3.8, 4) is 0 Å². The molecule has 0 aromatic carbocycles. The van der Waals surface area contributed by atoms with E-state index in [9.17, 15) is 49.2 Å². The van der Waals surface area contributed by atoms with Crippen LogP contribution in [0.25, 0.3) is 0 Å². The van der Waals surface area contributed by atoms with E-state index >= 15 is 0 Å². The maximum atomic E-state index is 11.5. The third-order valence-electron chi connectivity index (χ3n) is 26.2. The molecular formula is C120H234O26. The van der Waals surface area contributed by atoms with Gasteiger partial charge in [-0.3, -0.25) is 28.8 Å². The summed E-state index contributed by atoms with van der Waals surface area (Å²) in [7, 11) is 0. The molecule has 0 radical (unpaired) electrons. The van der Waals surface area contributed by atoms with Gasteiger partial charge < -0.3 is 99.5 Å². The van der Waals surface area contributed by atoms with E-state index in [2.05, 4.69) is 45.1 Å². The Kier molecular flexibility index (Phi) is 126. The molecule has 12 atom stereocenters. The smallest absolute Gasteiger partial charge is 0.305 e. The van der Waals surface area contributed by atoms with Gasteiger partial charge in [-0.1, -0.05) is 363 Å². The fourth-order valence-corrected chi connectivity index (χ4v) is 15.8. The lowest BCUT2D eigenvalue weighted by atomic mass is 10.00. The second-order valence-corrected chi connectivity index (χ2v) is 42.3. The Balaban J connectivity index is -0.000000545. The molecule has 1 saturated heterocycles. The second-order valence-electron chi connectivity index (χ2n) is 42.3. The Bertz CT molecular complexity index is 2670. The van der Waals surface area contributed by atoms with Gasteiger partial charge in [0.15, 0.2) is 0 Å². The van der Waals surface area contributed by atoms with Crippen molar-refractivity contribution in [1.29, 1.82) is 0 Å². The third-order valence-corrected chi connectivity index (χ3v) is 26.2. The van der Waals surface area contributed by atoms with E-state index in [-0.39, 0.29) is 150 Å². The van der Waals surface area contributed by atoms with Crippen LogP contribution < -0.4 is 0 Å². The highest BCUT2D eigenvalue weighted by Crippen LogP contribution is 2.32. The van der Waals surface area contributed by atoms with Crippen molar-refractivity contribution in [2.75, 3.05) is 99.1 Å². The number of allylic oxidation sites excluding steroid dienone is 4. The topological polar surface area (TPSA) is 433 Å². The molecular weight excluding hydrogens is 1860 g/mol. The zero-order valence-electron chi connectivity index (χ0n) is 95.3. The zero-order valence-corrected chi connectivity index (χ0v) is 95.3. The minimum absolute atomic E-state index is 0.0101. The summed E-state index contributed by atoms with van der Waals surface area (Å²) >= 11 is 0. The monoisotopic (exact) mass is 2090 g/mol. The van der Waals surface area contributed by atoms with Crippen molar-refractivity contribution < 1.29 is 128 Å². The number of hydrogen-bond donors (Lipinski definition) is 13. The SMILES string of the molecule is CC(CO)COC(=O)CCCCCCCC(O)C(O)CCCCCCO.CC(CO)COC(=O)CCCCCCCC(O)CCCCCCCO.CC(CO)COC(=O)CCCCCCCCC(O)CCCCCCO.CCCCCC/C=C/CCCCCCCC(=O)OCC(C)CO.CCCCCC/C=C\CCCCCCCC(=O)OCC(C)CO.CCCCCCC1OC1CCCCCCCC(=O)OCC(C)CO. The van der Waals surface area contributed by atoms with E-state index < -0.39 is 12.2 Å². The normalized spacial score (nSPS) is 14.7. The number of ether oxygens (including phenoxy) is 7. The van der Waals surface area contributed by atoms with Crippen molar-refractivity contribution in [3.63, 3.8) is 0 Å². The number of hydrogen-bond acceptors (Lipinski definition) is 26. The number of carbonyl (C=O) groups is 6. The van der Waals surface area contributed by atoms with Gasteiger partial charge in [0.2, 0.25) is 0 Å². The first kappa shape index (κ1) is 150. The van der Waals surface area contributed by atoms with Crippen LogP contribution in [0.1, 0.15) is 537 Å². The molecule has 13 N–H and O–H groups in total. The van der Waals surface area contributed by atoms with E-state index in [1.807, 2.05) is 41.5 Å². The van der Waals surface area contributed by atoms with Gasteiger partial charge in [-0.05, 0) is 161 Å². The van der Waals surface area contributed by atoms with Crippen LogP contribution in [-0.4, -0.2) is 238 Å². The molecule has 0 bridgehead atoms. The van der Waals surface area contributed by atoms with Crippen LogP contribution in [0.3, 0.4) is 0 Å². The summed E-state index contributed by atoms with van der Waals surface area (Å²) in [5, 5.41) is 119. The number of unbranched alkanes of at least 4 members (excludes halogenated alkanes) is 48. The van der Waals surface area contributed by atoms with E-state index in [1.54, 1.807) is 0 Å². The zero-order chi connectivity index (χ0) is 109. The van der Waals surface area contributed by atoms with Crippen molar-refractivity contribution in [3.05, 3.63) is 24.3 Å². The van der Waals surface area contributed by atoms with Crippen LogP contribution in [0.5, 0.6) is 0 Å². The summed E-state index contributed by atoms with van der Waals surface area (Å²) in [4.78, 5) is 68.8. The molecule has 1 fully saturated rings. The molecule has 0 aromatic heterocycles. The molecule has 26 nitrogen and oxygen atoms in total. The van der Waals surface area contributed by atoms with Crippen molar-refractivity contribution in [2.24, 2.45) is 35.5 Å². The number of epoxide rings is 1. The number of aliphatic hydroxyl groups excluding tert-OH is 13. The average Bonchev–Trinajstić information content (AvgIpc) is 1.70. The van der Waals surface area contributed by atoms with Crippen LogP contribution in [-0.2, 0) is 61.9 Å². The molecule has 1 heterocycles. The third kappa shape index (κ3) is 125. The summed E-state index contributed by atoms with van der Waals surface area (Å²) in [5.74, 6) is -0.802. The van der Waals surface area contributed by atoms with Crippen molar-refractivity contribution >= 4 is 35.8 Å². The molecule has 1 aliphatic heterocycles. The summed E-state index contributed by atoms with van der Waals surface area (Å²) in [5.41, 5.74) is 0. The van der Waals surface area contributed by atoms with E-state index in [1.165, 1.54) is 173 Å². The van der Waals surface area contributed by atoms with Crippen LogP contribution in [0, 0.1) is 35.5 Å². The largest absolute Gasteiger partial charge is 0.465 e. The summed E-state index contributed by atoms with van der Waals surface area (Å²) < 4.78 is 36.2. The lowest BCUT2D eigenvalue weighted by molar-refractivity contribution is -0.146. The highest BCUT2D eigenvalue weighted by molar-refractivity contribution is 5.71. The summed E-state index contributed by atoms with van der Waals surface area (Å²) in [6, 6.07) is 0. The van der Waals surface area contributed by atoms with Crippen LogP contribution in [0.4, 0.5) is 0 Å². The minimum Gasteiger partial charge on any atom is -0.465 e. The number of esters is 6. The maximum absolute atomic E-state index is 11.5. The predicted octanol–water partition coefficient (Wildman–Crippen LogP) is 25.2. The van der Waals surface area contributed by atoms with Gasteiger partial charge in [-0.2, -0.15) is 0 Å². The fourth-order valence-electron chi connectivity index (χ4n) is 15.8. The Morgan fingerprint density at radius 2 is 0.384 bits per heavy atom. The molecule has 0 spiro atoms. The van der Waals surface area contributed by atoms with Gasteiger partial charge in [-0.15, -0.1) is 0 Å². The van der Waals surface area contributed by atoms with E-state index in [4.69, 9.17) is 79.1 Å². The standard InChI is InChI=1S/C20H40O6.2C20H40O5.C20H38O4.2C20H38O3/c1-17(15-22)16-26-20(25)13-9-4-2-3-7-11-18(23)19(24)12-8-5-6-10-14-21;1-18(16-22)17-25-20(24)14-10-6-2-4-8-12-19(23)13-9-5-3-7-11-15-21;1-18(16-22)17-25-20(24)14-10-5-3-2-4-8-12-19(23)13-9-6-7-11-15-21;1-3-4-5-9-12-18-19(24-18)13-10-7-6-8-11-14-20(22)23-16-17(2)15-21;2*1-3-4-5-6-7-8-9-10-11-12-13-14-15-16-20(22)23-18-19(2)17-21/h17-19,21-24H,2-16H2,1H3;2*18-19,21-23H,2-17H2,1H3;17-19,21H,3-16H2,1-2H3;2*8-9,19,21H,3-7,10-18H2,1-2H3/b;;;;9-8+;9-8-. The van der Waals surface area contributed by atoms with Gasteiger partial charge >= 0.3 is 35.8 Å². The summed E-state index contributed by atoms with van der Waals surface area (Å²) in [6.07, 6.45) is 86.0. The van der Waals surface area contributed by atoms with Crippen molar-refractivity contribution in [2.45, 2.75) is 574 Å². The van der Waals surface area contributed by atoms with Gasteiger partial charge in [0.25, 0.3) is 0 Å². The highest BCUT2D eigenvalue weighted by Gasteiger charge is 2.37. The highest BCUT2D eigenvalue weighted by atomic mass is 16.6. The summed E-state index contributed by atoms with van der Waals surface area (Å²) in [6.45, 7) is 20.8. The Morgan fingerprint density at radius 3 is 0.582 bits per heavy atom. The first-order valence-electron chi connectivity index (χ1n) is 59.9. The molecule has 0 aliphatic carbocycles. The molecule has 146 heavy (non-hydrogen) atoms. The number of aliphatic hydroxyl groups is 13. The lowest BCUT2D eigenvalue weighted by Gasteiger charge is -2.17. The van der Waals surface area contributed by atoms with Crippen LogP contribution >= 0.6 is 0 Å².